The van der Waals surface area contributed by atoms with E-state index in [2.05, 4.69) is 31.2 Å². The molecule has 1 atom stereocenters. The SMILES string of the molecule is C/C=C/C(Cl)c1ccc(C)cc1. The van der Waals surface area contributed by atoms with E-state index in [0.29, 0.717) is 0 Å². The third-order valence-corrected chi connectivity index (χ3v) is 2.15. The lowest BCUT2D eigenvalue weighted by Gasteiger charge is -2.03. The van der Waals surface area contributed by atoms with E-state index in [-0.39, 0.29) is 5.38 Å². The summed E-state index contributed by atoms with van der Waals surface area (Å²) in [6, 6.07) is 8.28. The Morgan fingerprint density at radius 3 is 2.33 bits per heavy atom. The summed E-state index contributed by atoms with van der Waals surface area (Å²) in [5, 5.41) is 0.00981. The summed E-state index contributed by atoms with van der Waals surface area (Å²) in [5.41, 5.74) is 2.42. The average molecular weight is 181 g/mol. The zero-order valence-electron chi connectivity index (χ0n) is 7.42. The number of aryl methyl sites for hydroxylation is 1. The first kappa shape index (κ1) is 9.34. The predicted molar refractivity (Wildman–Crippen MR) is 54.6 cm³/mol. The second-order valence-electron chi connectivity index (χ2n) is 2.84. The smallest absolute Gasteiger partial charge is 0.0766 e. The zero-order chi connectivity index (χ0) is 8.97. The molecule has 12 heavy (non-hydrogen) atoms. The zero-order valence-corrected chi connectivity index (χ0v) is 8.18. The average Bonchev–Trinajstić information content (AvgIpc) is 2.06. The third kappa shape index (κ3) is 2.38. The molecule has 1 unspecified atom stereocenters. The van der Waals surface area contributed by atoms with Gasteiger partial charge in [-0.15, -0.1) is 11.6 Å². The highest BCUT2D eigenvalue weighted by Crippen LogP contribution is 2.21. The second-order valence-corrected chi connectivity index (χ2v) is 3.31. The van der Waals surface area contributed by atoms with Gasteiger partial charge in [0, 0.05) is 0 Å². The molecule has 0 nitrogen and oxygen atoms in total. The summed E-state index contributed by atoms with van der Waals surface area (Å²) >= 11 is 6.07. The molecule has 0 bridgehead atoms. The van der Waals surface area contributed by atoms with Crippen LogP contribution < -0.4 is 0 Å². The molecule has 0 heterocycles. The number of rotatable bonds is 2. The van der Waals surface area contributed by atoms with Crippen molar-refractivity contribution in [2.75, 3.05) is 0 Å². The maximum absolute atomic E-state index is 6.07. The predicted octanol–water partition coefficient (Wildman–Crippen LogP) is 3.85. The van der Waals surface area contributed by atoms with Gasteiger partial charge in [0.1, 0.15) is 0 Å². The molecule has 0 saturated heterocycles. The van der Waals surface area contributed by atoms with Crippen molar-refractivity contribution in [2.45, 2.75) is 19.2 Å². The van der Waals surface area contributed by atoms with Gasteiger partial charge in [0.05, 0.1) is 5.38 Å². The molecule has 1 rings (SSSR count). The molecule has 0 amide bonds. The lowest BCUT2D eigenvalue weighted by atomic mass is 10.1. The number of hydrogen-bond donors (Lipinski definition) is 0. The molecule has 1 heteroatoms. The fourth-order valence-electron chi connectivity index (χ4n) is 1.03. The van der Waals surface area contributed by atoms with E-state index in [9.17, 15) is 0 Å². The molecule has 0 aromatic heterocycles. The molecule has 64 valence electrons. The fraction of sp³-hybridized carbons (Fsp3) is 0.273. The van der Waals surface area contributed by atoms with Crippen molar-refractivity contribution in [3.05, 3.63) is 47.5 Å². The van der Waals surface area contributed by atoms with Crippen LogP contribution in [0.2, 0.25) is 0 Å². The van der Waals surface area contributed by atoms with Crippen LogP contribution in [0.25, 0.3) is 0 Å². The molecular formula is C11H13Cl. The summed E-state index contributed by atoms with van der Waals surface area (Å²) in [6.07, 6.45) is 3.95. The lowest BCUT2D eigenvalue weighted by Crippen LogP contribution is -1.85. The minimum Gasteiger partial charge on any atom is -0.113 e. The largest absolute Gasteiger partial charge is 0.113 e. The monoisotopic (exact) mass is 180 g/mol. The number of halogens is 1. The first-order valence-electron chi connectivity index (χ1n) is 4.07. The number of allylic oxidation sites excluding steroid dienone is 2. The third-order valence-electron chi connectivity index (χ3n) is 1.76. The van der Waals surface area contributed by atoms with E-state index in [1.165, 1.54) is 5.56 Å². The van der Waals surface area contributed by atoms with Gasteiger partial charge in [0.25, 0.3) is 0 Å². The van der Waals surface area contributed by atoms with Crippen LogP contribution in [-0.2, 0) is 0 Å². The Morgan fingerprint density at radius 1 is 1.25 bits per heavy atom. The van der Waals surface area contributed by atoms with Gasteiger partial charge in [0.15, 0.2) is 0 Å². The van der Waals surface area contributed by atoms with Crippen molar-refractivity contribution in [3.8, 4) is 0 Å². The summed E-state index contributed by atoms with van der Waals surface area (Å²) in [5.74, 6) is 0. The molecule has 0 spiro atoms. The minimum absolute atomic E-state index is 0.00981. The van der Waals surface area contributed by atoms with Crippen LogP contribution in [0.3, 0.4) is 0 Å². The summed E-state index contributed by atoms with van der Waals surface area (Å²) in [4.78, 5) is 0. The molecule has 1 aromatic rings. The number of benzene rings is 1. The van der Waals surface area contributed by atoms with Crippen molar-refractivity contribution >= 4 is 11.6 Å². The first-order chi connectivity index (χ1) is 5.74. The molecule has 0 aliphatic carbocycles. The van der Waals surface area contributed by atoms with Crippen LogP contribution in [-0.4, -0.2) is 0 Å². The van der Waals surface area contributed by atoms with E-state index in [1.54, 1.807) is 0 Å². The van der Waals surface area contributed by atoms with Gasteiger partial charge in [-0.1, -0.05) is 42.0 Å². The minimum atomic E-state index is 0.00981. The Hall–Kier alpha value is -0.750. The van der Waals surface area contributed by atoms with Crippen molar-refractivity contribution in [3.63, 3.8) is 0 Å². The number of hydrogen-bond acceptors (Lipinski definition) is 0. The van der Waals surface area contributed by atoms with E-state index >= 15 is 0 Å². The van der Waals surface area contributed by atoms with E-state index in [1.807, 2.05) is 19.1 Å². The van der Waals surface area contributed by atoms with Gasteiger partial charge in [0.2, 0.25) is 0 Å². The topological polar surface area (TPSA) is 0 Å². The summed E-state index contributed by atoms with van der Waals surface area (Å²) < 4.78 is 0. The summed E-state index contributed by atoms with van der Waals surface area (Å²) in [7, 11) is 0. The van der Waals surface area contributed by atoms with Crippen LogP contribution >= 0.6 is 11.6 Å². The Morgan fingerprint density at radius 2 is 1.83 bits per heavy atom. The van der Waals surface area contributed by atoms with Crippen molar-refractivity contribution in [1.82, 2.24) is 0 Å². The Bertz CT molecular complexity index is 259. The maximum atomic E-state index is 6.07. The van der Waals surface area contributed by atoms with Crippen LogP contribution in [0.15, 0.2) is 36.4 Å². The lowest BCUT2D eigenvalue weighted by molar-refractivity contribution is 1.20. The highest BCUT2D eigenvalue weighted by atomic mass is 35.5. The molecule has 0 N–H and O–H groups in total. The standard InChI is InChI=1S/C11H13Cl/c1-3-4-11(12)10-7-5-9(2)6-8-10/h3-8,11H,1-2H3/b4-3+. The van der Waals surface area contributed by atoms with Gasteiger partial charge in [-0.2, -0.15) is 0 Å². The van der Waals surface area contributed by atoms with Gasteiger partial charge < -0.3 is 0 Å². The number of alkyl halides is 1. The Kier molecular flexibility index (Phi) is 3.36. The van der Waals surface area contributed by atoms with Crippen LogP contribution in [0.4, 0.5) is 0 Å². The van der Waals surface area contributed by atoms with E-state index in [4.69, 9.17) is 11.6 Å². The molecule has 0 radical (unpaired) electrons. The van der Waals surface area contributed by atoms with Crippen LogP contribution in [0, 0.1) is 6.92 Å². The molecule has 0 aliphatic heterocycles. The van der Waals surface area contributed by atoms with E-state index in [0.717, 1.165) is 5.56 Å². The highest BCUT2D eigenvalue weighted by Gasteiger charge is 2.01. The first-order valence-corrected chi connectivity index (χ1v) is 4.51. The van der Waals surface area contributed by atoms with Crippen molar-refractivity contribution in [2.24, 2.45) is 0 Å². The van der Waals surface area contributed by atoms with Gasteiger partial charge in [-0.25, -0.2) is 0 Å². The van der Waals surface area contributed by atoms with Crippen LogP contribution in [0.5, 0.6) is 0 Å². The van der Waals surface area contributed by atoms with Gasteiger partial charge >= 0.3 is 0 Å². The Balaban J connectivity index is 2.82. The van der Waals surface area contributed by atoms with Crippen molar-refractivity contribution < 1.29 is 0 Å². The molecular weight excluding hydrogens is 168 g/mol. The molecule has 1 aromatic carbocycles. The molecule has 0 fully saturated rings. The molecule has 0 aliphatic rings. The second kappa shape index (κ2) is 4.32. The quantitative estimate of drug-likeness (QED) is 0.479. The van der Waals surface area contributed by atoms with Gasteiger partial charge in [-0.05, 0) is 19.4 Å². The van der Waals surface area contributed by atoms with Crippen LogP contribution in [0.1, 0.15) is 23.4 Å². The Labute approximate surface area is 78.9 Å². The van der Waals surface area contributed by atoms with Gasteiger partial charge in [-0.3, -0.25) is 0 Å². The fourth-order valence-corrected chi connectivity index (χ4v) is 1.32. The maximum Gasteiger partial charge on any atom is 0.0766 e. The molecule has 0 saturated carbocycles. The van der Waals surface area contributed by atoms with Crippen molar-refractivity contribution in [1.29, 1.82) is 0 Å². The summed E-state index contributed by atoms with van der Waals surface area (Å²) in [6.45, 7) is 4.05. The highest BCUT2D eigenvalue weighted by molar-refractivity contribution is 6.21. The van der Waals surface area contributed by atoms with E-state index < -0.39 is 0 Å². The normalized spacial score (nSPS) is 13.6.